The number of rotatable bonds is 3. The van der Waals surface area contributed by atoms with Gasteiger partial charge < -0.3 is 14.9 Å². The lowest BCUT2D eigenvalue weighted by molar-refractivity contribution is -0.0811. The minimum Gasteiger partial charge on any atom is -0.383 e. The van der Waals surface area contributed by atoms with Gasteiger partial charge in [0, 0.05) is 18.5 Å². The lowest BCUT2D eigenvalue weighted by Gasteiger charge is -2.47. The molecular weight excluding hydrogens is 350 g/mol. The number of hydrogen-bond donors (Lipinski definition) is 1. The molecule has 1 saturated heterocycles. The number of fused-ring (bicyclic) bond motifs is 1. The highest BCUT2D eigenvalue weighted by atomic mass is 16.3. The summed E-state index contributed by atoms with van der Waals surface area (Å²) in [5.41, 5.74) is 1.17. The summed E-state index contributed by atoms with van der Waals surface area (Å²) in [4.78, 5) is 21.5. The van der Waals surface area contributed by atoms with Crippen LogP contribution >= 0.6 is 0 Å². The molecule has 5 nitrogen and oxygen atoms in total. The molecule has 1 aliphatic heterocycles. The van der Waals surface area contributed by atoms with Crippen molar-refractivity contribution in [3.63, 3.8) is 0 Å². The minimum absolute atomic E-state index is 0.0901. The van der Waals surface area contributed by atoms with Crippen LogP contribution in [0.1, 0.15) is 22.5 Å². The van der Waals surface area contributed by atoms with E-state index in [0.717, 1.165) is 16.5 Å². The van der Waals surface area contributed by atoms with E-state index < -0.39 is 5.60 Å². The van der Waals surface area contributed by atoms with Crippen LogP contribution in [0.3, 0.4) is 0 Å². The van der Waals surface area contributed by atoms with Gasteiger partial charge in [-0.25, -0.2) is 4.98 Å². The number of pyridine rings is 1. The Morgan fingerprint density at radius 1 is 1.07 bits per heavy atom. The van der Waals surface area contributed by atoms with Gasteiger partial charge in [0.05, 0.1) is 11.6 Å². The Morgan fingerprint density at radius 2 is 1.79 bits per heavy atom. The Morgan fingerprint density at radius 3 is 2.54 bits per heavy atom. The van der Waals surface area contributed by atoms with E-state index in [0.29, 0.717) is 25.2 Å². The first-order chi connectivity index (χ1) is 13.5. The molecule has 0 spiro atoms. The predicted octanol–water partition coefficient (Wildman–Crippen LogP) is 2.90. The molecule has 28 heavy (non-hydrogen) atoms. The molecule has 2 atom stereocenters. The standard InChI is InChI=1S/C23H25N3O2/c1-25(2)21-16-26(15-14-23(21,28)18-9-4-3-5-10-18)22(27)20-13-12-17-8-6-7-11-19(17)24-20/h3-13,21,28H,14-16H2,1-2H3/t21-,23+/m1/s1. The van der Waals surface area contributed by atoms with Gasteiger partial charge in [-0.2, -0.15) is 0 Å². The van der Waals surface area contributed by atoms with Gasteiger partial charge in [-0.3, -0.25) is 4.79 Å². The number of carbonyl (C=O) groups excluding carboxylic acids is 1. The maximum absolute atomic E-state index is 13.1. The number of para-hydroxylation sites is 1. The molecular formula is C23H25N3O2. The van der Waals surface area contributed by atoms with E-state index in [1.807, 2.05) is 79.7 Å². The van der Waals surface area contributed by atoms with Gasteiger partial charge in [0.15, 0.2) is 0 Å². The highest BCUT2D eigenvalue weighted by Gasteiger charge is 2.45. The van der Waals surface area contributed by atoms with E-state index in [4.69, 9.17) is 0 Å². The van der Waals surface area contributed by atoms with E-state index >= 15 is 0 Å². The molecule has 0 bridgehead atoms. The van der Waals surface area contributed by atoms with Gasteiger partial charge >= 0.3 is 0 Å². The van der Waals surface area contributed by atoms with Crippen molar-refractivity contribution < 1.29 is 9.90 Å². The van der Waals surface area contributed by atoms with Crippen molar-refractivity contribution in [1.29, 1.82) is 0 Å². The second-order valence-corrected chi connectivity index (χ2v) is 7.66. The summed E-state index contributed by atoms with van der Waals surface area (Å²) in [6.07, 6.45) is 0.485. The molecule has 5 heteroatoms. The first kappa shape index (κ1) is 18.6. The normalized spacial score (nSPS) is 22.6. The van der Waals surface area contributed by atoms with Crippen LogP contribution in [-0.2, 0) is 5.60 Å². The second kappa shape index (κ2) is 7.34. The smallest absolute Gasteiger partial charge is 0.272 e. The zero-order valence-electron chi connectivity index (χ0n) is 16.2. The topological polar surface area (TPSA) is 56.7 Å². The van der Waals surface area contributed by atoms with Crippen molar-refractivity contribution in [2.75, 3.05) is 27.2 Å². The summed E-state index contributed by atoms with van der Waals surface area (Å²) in [7, 11) is 3.89. The maximum Gasteiger partial charge on any atom is 0.272 e. The second-order valence-electron chi connectivity index (χ2n) is 7.66. The molecule has 3 aromatic rings. The third kappa shape index (κ3) is 3.28. The highest BCUT2D eigenvalue weighted by Crippen LogP contribution is 2.35. The fourth-order valence-corrected chi connectivity index (χ4v) is 4.11. The van der Waals surface area contributed by atoms with Gasteiger partial charge in [0.2, 0.25) is 0 Å². The first-order valence-corrected chi connectivity index (χ1v) is 9.58. The van der Waals surface area contributed by atoms with Crippen molar-refractivity contribution >= 4 is 16.8 Å². The number of benzene rings is 2. The molecule has 1 amide bonds. The quantitative estimate of drug-likeness (QED) is 0.765. The summed E-state index contributed by atoms with van der Waals surface area (Å²) in [6, 6.07) is 21.0. The summed E-state index contributed by atoms with van der Waals surface area (Å²) >= 11 is 0. The highest BCUT2D eigenvalue weighted by molar-refractivity contribution is 5.95. The van der Waals surface area contributed by atoms with Gasteiger partial charge in [-0.15, -0.1) is 0 Å². The third-order valence-electron chi connectivity index (χ3n) is 5.71. The molecule has 1 aliphatic rings. The summed E-state index contributed by atoms with van der Waals surface area (Å²) in [5, 5.41) is 12.5. The average Bonchev–Trinajstić information content (AvgIpc) is 2.73. The SMILES string of the molecule is CN(C)[C@@H]1CN(C(=O)c2ccc3ccccc3n2)CC[C@]1(O)c1ccccc1. The van der Waals surface area contributed by atoms with Crippen molar-refractivity contribution in [2.45, 2.75) is 18.1 Å². The zero-order chi connectivity index (χ0) is 19.7. The number of likely N-dealkylation sites (N-methyl/N-ethyl adjacent to an activating group) is 1. The largest absolute Gasteiger partial charge is 0.383 e. The van der Waals surface area contributed by atoms with E-state index in [-0.39, 0.29) is 11.9 Å². The van der Waals surface area contributed by atoms with Gasteiger partial charge in [-0.1, -0.05) is 54.6 Å². The van der Waals surface area contributed by atoms with E-state index in [1.54, 1.807) is 11.0 Å². The predicted molar refractivity (Wildman–Crippen MR) is 110 cm³/mol. The maximum atomic E-state index is 13.1. The van der Waals surface area contributed by atoms with Gasteiger partial charge in [-0.05, 0) is 38.2 Å². The lowest BCUT2D eigenvalue weighted by atomic mass is 9.79. The number of amides is 1. The number of hydrogen-bond acceptors (Lipinski definition) is 4. The Balaban J connectivity index is 1.61. The fourth-order valence-electron chi connectivity index (χ4n) is 4.11. The van der Waals surface area contributed by atoms with Crippen LogP contribution in [0.2, 0.25) is 0 Å². The molecule has 1 N–H and O–H groups in total. The van der Waals surface area contributed by atoms with E-state index in [2.05, 4.69) is 4.98 Å². The van der Waals surface area contributed by atoms with Crippen LogP contribution in [0.15, 0.2) is 66.7 Å². The zero-order valence-corrected chi connectivity index (χ0v) is 16.2. The number of likely N-dealkylation sites (tertiary alicyclic amines) is 1. The number of carbonyl (C=O) groups is 1. The monoisotopic (exact) mass is 375 g/mol. The first-order valence-electron chi connectivity index (χ1n) is 9.58. The average molecular weight is 375 g/mol. The van der Waals surface area contributed by atoms with E-state index in [9.17, 15) is 9.90 Å². The van der Waals surface area contributed by atoms with Crippen LogP contribution in [0.5, 0.6) is 0 Å². The number of piperidine rings is 1. The third-order valence-corrected chi connectivity index (χ3v) is 5.71. The Kier molecular flexibility index (Phi) is 4.87. The molecule has 2 heterocycles. The minimum atomic E-state index is -0.988. The Labute approximate surface area is 165 Å². The Bertz CT molecular complexity index is 989. The Hall–Kier alpha value is -2.76. The number of aromatic nitrogens is 1. The fraction of sp³-hybridized carbons (Fsp3) is 0.304. The van der Waals surface area contributed by atoms with Crippen molar-refractivity contribution in [3.8, 4) is 0 Å². The molecule has 4 rings (SSSR count). The van der Waals surface area contributed by atoms with Crippen LogP contribution in [0, 0.1) is 0 Å². The van der Waals surface area contributed by atoms with Gasteiger partial charge in [0.25, 0.3) is 5.91 Å². The molecule has 1 fully saturated rings. The summed E-state index contributed by atoms with van der Waals surface area (Å²) in [6.45, 7) is 0.939. The van der Waals surface area contributed by atoms with Crippen molar-refractivity contribution in [3.05, 3.63) is 78.0 Å². The number of aliphatic hydroxyl groups is 1. The summed E-state index contributed by atoms with van der Waals surface area (Å²) in [5.74, 6) is -0.0901. The van der Waals surface area contributed by atoms with E-state index in [1.165, 1.54) is 0 Å². The van der Waals surface area contributed by atoms with Gasteiger partial charge in [0.1, 0.15) is 11.3 Å². The van der Waals surface area contributed by atoms with Crippen LogP contribution in [-0.4, -0.2) is 59.0 Å². The molecule has 0 aliphatic carbocycles. The molecule has 0 unspecified atom stereocenters. The summed E-state index contributed by atoms with van der Waals surface area (Å²) < 4.78 is 0. The molecule has 144 valence electrons. The van der Waals surface area contributed by atoms with Crippen molar-refractivity contribution in [1.82, 2.24) is 14.8 Å². The van der Waals surface area contributed by atoms with Crippen LogP contribution in [0.25, 0.3) is 10.9 Å². The molecule has 0 saturated carbocycles. The van der Waals surface area contributed by atoms with Crippen LogP contribution < -0.4 is 0 Å². The lowest BCUT2D eigenvalue weighted by Crippen LogP contribution is -2.60. The molecule has 2 aromatic carbocycles. The number of nitrogens with zero attached hydrogens (tertiary/aromatic N) is 3. The molecule has 1 aromatic heterocycles. The van der Waals surface area contributed by atoms with Crippen LogP contribution in [0.4, 0.5) is 0 Å². The van der Waals surface area contributed by atoms with Crippen molar-refractivity contribution in [2.24, 2.45) is 0 Å². The molecule has 0 radical (unpaired) electrons.